The molecule has 0 fully saturated rings. The van der Waals surface area contributed by atoms with Crippen molar-refractivity contribution in [2.24, 2.45) is 0 Å². The third kappa shape index (κ3) is 7.93. The maximum Gasteiger partial charge on any atom is 0.123 e. The number of benzene rings is 1. The molecule has 1 unspecified atom stereocenters. The van der Waals surface area contributed by atoms with Crippen LogP contribution in [0.15, 0.2) is 24.3 Å². The minimum absolute atomic E-state index is 0.212. The van der Waals surface area contributed by atoms with Gasteiger partial charge < -0.3 is 15.2 Å². The highest BCUT2D eigenvalue weighted by Gasteiger charge is 2.03. The van der Waals surface area contributed by atoms with E-state index in [1.54, 1.807) is 12.1 Å². The smallest absolute Gasteiger partial charge is 0.123 e. The Morgan fingerprint density at radius 3 is 2.74 bits per heavy atom. The Morgan fingerprint density at radius 1 is 1.32 bits per heavy atom. The Hall–Kier alpha value is -0.970. The zero-order chi connectivity index (χ0) is 13.9. The van der Waals surface area contributed by atoms with Gasteiger partial charge in [-0.25, -0.2) is 4.39 Å². The molecule has 0 saturated heterocycles. The SMILES string of the molecule is CCCCOCC(O)CNCCc1ccc(F)cc1. The zero-order valence-electron chi connectivity index (χ0n) is 11.6. The lowest BCUT2D eigenvalue weighted by molar-refractivity contribution is 0.0361. The topological polar surface area (TPSA) is 41.5 Å². The van der Waals surface area contributed by atoms with E-state index in [0.29, 0.717) is 19.8 Å². The summed E-state index contributed by atoms with van der Waals surface area (Å²) in [4.78, 5) is 0. The van der Waals surface area contributed by atoms with Gasteiger partial charge in [0, 0.05) is 13.2 Å². The molecule has 0 aliphatic rings. The summed E-state index contributed by atoms with van der Waals surface area (Å²) >= 11 is 0. The van der Waals surface area contributed by atoms with E-state index in [-0.39, 0.29) is 5.82 Å². The predicted molar refractivity (Wildman–Crippen MR) is 74.7 cm³/mol. The van der Waals surface area contributed by atoms with E-state index in [1.807, 2.05) is 0 Å². The first kappa shape index (κ1) is 16.1. The van der Waals surface area contributed by atoms with Crippen molar-refractivity contribution in [3.05, 3.63) is 35.6 Å². The highest BCUT2D eigenvalue weighted by molar-refractivity contribution is 5.16. The Labute approximate surface area is 114 Å². The Morgan fingerprint density at radius 2 is 2.05 bits per heavy atom. The first-order valence-corrected chi connectivity index (χ1v) is 6.93. The normalized spacial score (nSPS) is 12.6. The number of hydrogen-bond donors (Lipinski definition) is 2. The number of aliphatic hydroxyl groups excluding tert-OH is 1. The summed E-state index contributed by atoms with van der Waals surface area (Å²) in [7, 11) is 0. The van der Waals surface area contributed by atoms with Crippen LogP contribution in [-0.2, 0) is 11.2 Å². The number of nitrogens with one attached hydrogen (secondary N) is 1. The Bertz CT molecular complexity index is 329. The number of aliphatic hydroxyl groups is 1. The van der Waals surface area contributed by atoms with Crippen LogP contribution in [0.2, 0.25) is 0 Å². The van der Waals surface area contributed by atoms with Gasteiger partial charge in [-0.15, -0.1) is 0 Å². The molecular weight excluding hydrogens is 245 g/mol. The second kappa shape index (κ2) is 9.89. The van der Waals surface area contributed by atoms with Crippen LogP contribution in [0.3, 0.4) is 0 Å². The van der Waals surface area contributed by atoms with Crippen molar-refractivity contribution in [3.8, 4) is 0 Å². The monoisotopic (exact) mass is 269 g/mol. The lowest BCUT2D eigenvalue weighted by Crippen LogP contribution is -2.31. The first-order valence-electron chi connectivity index (χ1n) is 6.93. The number of halogens is 1. The zero-order valence-corrected chi connectivity index (χ0v) is 11.6. The van der Waals surface area contributed by atoms with Crippen LogP contribution in [-0.4, -0.2) is 37.5 Å². The number of rotatable bonds is 10. The molecule has 1 rings (SSSR count). The minimum atomic E-state index is -0.468. The van der Waals surface area contributed by atoms with Gasteiger partial charge in [-0.2, -0.15) is 0 Å². The van der Waals surface area contributed by atoms with Crippen LogP contribution in [0.4, 0.5) is 4.39 Å². The molecule has 19 heavy (non-hydrogen) atoms. The first-order chi connectivity index (χ1) is 9.22. The summed E-state index contributed by atoms with van der Waals surface area (Å²) in [5.41, 5.74) is 1.09. The van der Waals surface area contributed by atoms with Crippen molar-refractivity contribution < 1.29 is 14.2 Å². The molecular formula is C15H24FNO2. The Kier molecular flexibility index (Phi) is 8.38. The molecule has 4 heteroatoms. The molecule has 1 aromatic rings. The maximum absolute atomic E-state index is 12.7. The van der Waals surface area contributed by atoms with Crippen molar-refractivity contribution >= 4 is 0 Å². The quantitative estimate of drug-likeness (QED) is 0.639. The second-order valence-electron chi connectivity index (χ2n) is 4.66. The van der Waals surface area contributed by atoms with Gasteiger partial charge in [0.2, 0.25) is 0 Å². The highest BCUT2D eigenvalue weighted by Crippen LogP contribution is 2.02. The van der Waals surface area contributed by atoms with Crippen LogP contribution in [0.1, 0.15) is 25.3 Å². The predicted octanol–water partition coefficient (Wildman–Crippen LogP) is 2.14. The lowest BCUT2D eigenvalue weighted by atomic mass is 10.1. The van der Waals surface area contributed by atoms with E-state index < -0.39 is 6.10 Å². The molecule has 0 amide bonds. The van der Waals surface area contributed by atoms with Crippen LogP contribution in [0.25, 0.3) is 0 Å². The van der Waals surface area contributed by atoms with Crippen molar-refractivity contribution in [2.45, 2.75) is 32.3 Å². The molecule has 0 aliphatic heterocycles. The van der Waals surface area contributed by atoms with Crippen LogP contribution in [0, 0.1) is 5.82 Å². The van der Waals surface area contributed by atoms with Crippen molar-refractivity contribution in [3.63, 3.8) is 0 Å². The summed E-state index contributed by atoms with van der Waals surface area (Å²) in [5, 5.41) is 12.8. The van der Waals surface area contributed by atoms with Gasteiger partial charge in [-0.05, 0) is 37.1 Å². The fourth-order valence-corrected chi connectivity index (χ4v) is 1.68. The molecule has 0 saturated carbocycles. The molecule has 0 radical (unpaired) electrons. The van der Waals surface area contributed by atoms with Gasteiger partial charge in [0.05, 0.1) is 12.7 Å². The van der Waals surface area contributed by atoms with E-state index >= 15 is 0 Å². The summed E-state index contributed by atoms with van der Waals surface area (Å²) < 4.78 is 18.0. The van der Waals surface area contributed by atoms with Crippen molar-refractivity contribution in [1.82, 2.24) is 5.32 Å². The molecule has 2 N–H and O–H groups in total. The van der Waals surface area contributed by atoms with Gasteiger partial charge >= 0.3 is 0 Å². The van der Waals surface area contributed by atoms with E-state index in [4.69, 9.17) is 4.74 Å². The van der Waals surface area contributed by atoms with Crippen LogP contribution < -0.4 is 5.32 Å². The van der Waals surface area contributed by atoms with Crippen LogP contribution >= 0.6 is 0 Å². The fraction of sp³-hybridized carbons (Fsp3) is 0.600. The van der Waals surface area contributed by atoms with Gasteiger partial charge in [0.15, 0.2) is 0 Å². The standard InChI is InChI=1S/C15H24FNO2/c1-2-3-10-19-12-15(18)11-17-9-8-13-4-6-14(16)7-5-13/h4-7,15,17-18H,2-3,8-12H2,1H3. The largest absolute Gasteiger partial charge is 0.389 e. The van der Waals surface area contributed by atoms with E-state index in [1.165, 1.54) is 12.1 Å². The van der Waals surface area contributed by atoms with Gasteiger partial charge in [0.25, 0.3) is 0 Å². The minimum Gasteiger partial charge on any atom is -0.389 e. The number of hydrogen-bond acceptors (Lipinski definition) is 3. The van der Waals surface area contributed by atoms with Gasteiger partial charge in [0.1, 0.15) is 5.82 Å². The lowest BCUT2D eigenvalue weighted by Gasteiger charge is -2.12. The average molecular weight is 269 g/mol. The number of ether oxygens (including phenoxy) is 1. The molecule has 1 atom stereocenters. The average Bonchev–Trinajstić information content (AvgIpc) is 2.42. The fourth-order valence-electron chi connectivity index (χ4n) is 1.68. The molecule has 0 spiro atoms. The molecule has 0 aromatic heterocycles. The summed E-state index contributed by atoms with van der Waals surface area (Å²) in [6.07, 6.45) is 2.49. The molecule has 3 nitrogen and oxygen atoms in total. The highest BCUT2D eigenvalue weighted by atomic mass is 19.1. The molecule has 108 valence electrons. The summed E-state index contributed by atoms with van der Waals surface area (Å²) in [6.45, 7) is 4.48. The molecule has 0 bridgehead atoms. The molecule has 0 aliphatic carbocycles. The Balaban J connectivity index is 2.02. The molecule has 0 heterocycles. The maximum atomic E-state index is 12.7. The molecule has 1 aromatic carbocycles. The van der Waals surface area contributed by atoms with Gasteiger partial charge in [-0.1, -0.05) is 25.5 Å². The van der Waals surface area contributed by atoms with E-state index in [2.05, 4.69) is 12.2 Å². The summed E-state index contributed by atoms with van der Waals surface area (Å²) in [5.74, 6) is -0.212. The van der Waals surface area contributed by atoms with Gasteiger partial charge in [-0.3, -0.25) is 0 Å². The van der Waals surface area contributed by atoms with Crippen LogP contribution in [0.5, 0.6) is 0 Å². The third-order valence-electron chi connectivity index (χ3n) is 2.84. The summed E-state index contributed by atoms with van der Waals surface area (Å²) in [6, 6.07) is 6.49. The second-order valence-corrected chi connectivity index (χ2v) is 4.66. The van der Waals surface area contributed by atoms with E-state index in [9.17, 15) is 9.50 Å². The number of unbranched alkanes of at least 4 members (excludes halogenated alkanes) is 1. The van der Waals surface area contributed by atoms with E-state index in [0.717, 1.165) is 31.4 Å². The van der Waals surface area contributed by atoms with Crippen molar-refractivity contribution in [2.75, 3.05) is 26.3 Å². The van der Waals surface area contributed by atoms with Crippen molar-refractivity contribution in [1.29, 1.82) is 0 Å². The third-order valence-corrected chi connectivity index (χ3v) is 2.84.